The van der Waals surface area contributed by atoms with Crippen LogP contribution in [0.3, 0.4) is 0 Å². The van der Waals surface area contributed by atoms with Gasteiger partial charge in [0, 0.05) is 0 Å². The van der Waals surface area contributed by atoms with Crippen molar-refractivity contribution in [1.29, 1.82) is 0 Å². The first-order valence-corrected chi connectivity index (χ1v) is 6.17. The number of alkyl halides is 3. The lowest BCUT2D eigenvalue weighted by atomic mass is 9.82. The first-order chi connectivity index (χ1) is 9.46. The lowest BCUT2D eigenvalue weighted by Gasteiger charge is -2.26. The highest BCUT2D eigenvalue weighted by molar-refractivity contribution is 5.90. The molecule has 0 fully saturated rings. The monoisotopic (exact) mass is 303 g/mol. The Hall–Kier alpha value is -2.05. The minimum atomic E-state index is -4.50. The Kier molecular flexibility index (Phi) is 4.65. The second-order valence-corrected chi connectivity index (χ2v) is 5.24. The Morgan fingerprint density at radius 3 is 2.19 bits per heavy atom. The highest BCUT2D eigenvalue weighted by Gasteiger charge is 2.35. The molecule has 1 amide bonds. The molecular formula is C14H16F3NO3. The predicted molar refractivity (Wildman–Crippen MR) is 69.7 cm³/mol. The van der Waals surface area contributed by atoms with Crippen LogP contribution in [0.25, 0.3) is 0 Å². The normalized spacial score (nSPS) is 13.6. The summed E-state index contributed by atoms with van der Waals surface area (Å²) in [5.74, 6) is -1.88. The van der Waals surface area contributed by atoms with Gasteiger partial charge >= 0.3 is 12.1 Å². The minimum absolute atomic E-state index is 0.160. The molecule has 0 aromatic heterocycles. The number of rotatable bonds is 4. The number of nitrogens with one attached hydrogen (secondary N) is 1. The summed E-state index contributed by atoms with van der Waals surface area (Å²) in [5.41, 5.74) is -1.98. The molecule has 1 atom stereocenters. The van der Waals surface area contributed by atoms with E-state index in [0.717, 1.165) is 12.1 Å². The molecule has 0 aliphatic heterocycles. The van der Waals surface area contributed by atoms with Crippen LogP contribution in [0.2, 0.25) is 0 Å². The van der Waals surface area contributed by atoms with Gasteiger partial charge in [-0.15, -0.1) is 0 Å². The SMILES string of the molecule is CC(NC(=O)C(C)(C)c1cccc(C(F)(F)F)c1)C(=O)O. The van der Waals surface area contributed by atoms with Crippen LogP contribution in [0, 0.1) is 0 Å². The average Bonchev–Trinajstić information content (AvgIpc) is 2.37. The molecule has 0 bridgehead atoms. The van der Waals surface area contributed by atoms with E-state index in [4.69, 9.17) is 5.11 Å². The van der Waals surface area contributed by atoms with Gasteiger partial charge in [0.2, 0.25) is 5.91 Å². The van der Waals surface area contributed by atoms with Crippen molar-refractivity contribution in [2.45, 2.75) is 38.4 Å². The number of carbonyl (C=O) groups is 2. The van der Waals surface area contributed by atoms with Crippen LogP contribution >= 0.6 is 0 Å². The van der Waals surface area contributed by atoms with Crippen molar-refractivity contribution < 1.29 is 27.9 Å². The second-order valence-electron chi connectivity index (χ2n) is 5.24. The zero-order chi connectivity index (χ0) is 16.4. The number of amides is 1. The second kappa shape index (κ2) is 5.75. The Morgan fingerprint density at radius 1 is 1.19 bits per heavy atom. The summed E-state index contributed by atoms with van der Waals surface area (Å²) in [5, 5.41) is 11.0. The van der Waals surface area contributed by atoms with Gasteiger partial charge in [-0.1, -0.05) is 18.2 Å². The van der Waals surface area contributed by atoms with Crippen LogP contribution in [0.1, 0.15) is 31.9 Å². The Bertz CT molecular complexity index is 553. The van der Waals surface area contributed by atoms with Crippen molar-refractivity contribution in [1.82, 2.24) is 5.32 Å². The maximum atomic E-state index is 12.7. The third-order valence-corrected chi connectivity index (χ3v) is 3.20. The smallest absolute Gasteiger partial charge is 0.416 e. The summed E-state index contributed by atoms with van der Waals surface area (Å²) >= 11 is 0. The van der Waals surface area contributed by atoms with Gasteiger partial charge in [-0.2, -0.15) is 13.2 Å². The zero-order valence-corrected chi connectivity index (χ0v) is 11.8. The molecule has 2 N–H and O–H groups in total. The fourth-order valence-electron chi connectivity index (χ4n) is 1.65. The van der Waals surface area contributed by atoms with Crippen molar-refractivity contribution in [2.24, 2.45) is 0 Å². The number of hydrogen-bond donors (Lipinski definition) is 2. The van der Waals surface area contributed by atoms with E-state index in [1.54, 1.807) is 0 Å². The van der Waals surface area contributed by atoms with Crippen LogP contribution in [0.4, 0.5) is 13.2 Å². The molecular weight excluding hydrogens is 287 g/mol. The molecule has 21 heavy (non-hydrogen) atoms. The molecule has 1 aromatic carbocycles. The molecule has 1 unspecified atom stereocenters. The van der Waals surface area contributed by atoms with Gasteiger partial charge in [-0.3, -0.25) is 9.59 Å². The summed E-state index contributed by atoms with van der Waals surface area (Å²) in [7, 11) is 0. The summed E-state index contributed by atoms with van der Waals surface area (Å²) in [6, 6.07) is 3.30. The Balaban J connectivity index is 3.07. The number of halogens is 3. The van der Waals surface area contributed by atoms with Crippen LogP contribution in [-0.2, 0) is 21.2 Å². The summed E-state index contributed by atoms with van der Waals surface area (Å²) < 4.78 is 38.1. The van der Waals surface area contributed by atoms with E-state index >= 15 is 0 Å². The Morgan fingerprint density at radius 2 is 1.71 bits per heavy atom. The maximum Gasteiger partial charge on any atom is 0.416 e. The van der Waals surface area contributed by atoms with Crippen LogP contribution in [0.5, 0.6) is 0 Å². The molecule has 0 radical (unpaired) electrons. The van der Waals surface area contributed by atoms with Gasteiger partial charge in [0.15, 0.2) is 0 Å². The molecule has 0 aliphatic carbocycles. The predicted octanol–water partition coefficient (Wildman–Crippen LogP) is 2.57. The standard InChI is InChI=1S/C14H16F3NO3/c1-8(11(19)20)18-12(21)13(2,3)9-5-4-6-10(7-9)14(15,16)17/h4-8H,1-3H3,(H,18,21)(H,19,20). The number of carboxylic acid groups (broad SMARTS) is 1. The number of carbonyl (C=O) groups excluding carboxylic acids is 1. The number of aliphatic carboxylic acids is 1. The van der Waals surface area contributed by atoms with Crippen molar-refractivity contribution in [3.8, 4) is 0 Å². The van der Waals surface area contributed by atoms with Crippen molar-refractivity contribution in [3.63, 3.8) is 0 Å². The lowest BCUT2D eigenvalue weighted by Crippen LogP contribution is -2.47. The number of carboxylic acids is 1. The molecule has 0 heterocycles. The molecule has 0 saturated carbocycles. The van der Waals surface area contributed by atoms with Gasteiger partial charge in [0.1, 0.15) is 6.04 Å². The van der Waals surface area contributed by atoms with Crippen LogP contribution < -0.4 is 5.32 Å². The quantitative estimate of drug-likeness (QED) is 0.898. The molecule has 1 rings (SSSR count). The first kappa shape index (κ1) is 17.0. The van der Waals surface area contributed by atoms with E-state index in [-0.39, 0.29) is 5.56 Å². The van der Waals surface area contributed by atoms with E-state index in [9.17, 15) is 22.8 Å². The topological polar surface area (TPSA) is 66.4 Å². The molecule has 0 saturated heterocycles. The van der Waals surface area contributed by atoms with E-state index < -0.39 is 35.1 Å². The van der Waals surface area contributed by atoms with Gasteiger partial charge in [0.25, 0.3) is 0 Å². The molecule has 0 aliphatic rings. The minimum Gasteiger partial charge on any atom is -0.480 e. The maximum absolute atomic E-state index is 12.7. The molecule has 0 spiro atoms. The van der Waals surface area contributed by atoms with Gasteiger partial charge in [0.05, 0.1) is 11.0 Å². The lowest BCUT2D eigenvalue weighted by molar-refractivity contribution is -0.142. The average molecular weight is 303 g/mol. The van der Waals surface area contributed by atoms with Gasteiger partial charge in [-0.05, 0) is 32.4 Å². The van der Waals surface area contributed by atoms with Crippen molar-refractivity contribution in [3.05, 3.63) is 35.4 Å². The van der Waals surface area contributed by atoms with Crippen molar-refractivity contribution >= 4 is 11.9 Å². The molecule has 1 aromatic rings. The van der Waals surface area contributed by atoms with E-state index in [0.29, 0.717) is 0 Å². The third kappa shape index (κ3) is 3.96. The van der Waals surface area contributed by atoms with E-state index in [2.05, 4.69) is 5.32 Å². The summed E-state index contributed by atoms with van der Waals surface area (Å²) in [4.78, 5) is 22.8. The molecule has 116 valence electrons. The highest BCUT2D eigenvalue weighted by atomic mass is 19.4. The Labute approximate surface area is 120 Å². The third-order valence-electron chi connectivity index (χ3n) is 3.20. The van der Waals surface area contributed by atoms with Crippen molar-refractivity contribution in [2.75, 3.05) is 0 Å². The number of hydrogen-bond acceptors (Lipinski definition) is 2. The van der Waals surface area contributed by atoms with E-state index in [1.807, 2.05) is 0 Å². The summed E-state index contributed by atoms with van der Waals surface area (Å²) in [6.45, 7) is 4.15. The fourth-order valence-corrected chi connectivity index (χ4v) is 1.65. The molecule has 4 nitrogen and oxygen atoms in total. The van der Waals surface area contributed by atoms with Gasteiger partial charge in [-0.25, -0.2) is 0 Å². The zero-order valence-electron chi connectivity index (χ0n) is 11.8. The summed E-state index contributed by atoms with van der Waals surface area (Å²) in [6.07, 6.45) is -4.50. The first-order valence-electron chi connectivity index (χ1n) is 6.17. The largest absolute Gasteiger partial charge is 0.480 e. The van der Waals surface area contributed by atoms with Crippen LogP contribution in [0.15, 0.2) is 24.3 Å². The fraction of sp³-hybridized carbons (Fsp3) is 0.429. The van der Waals surface area contributed by atoms with Crippen LogP contribution in [-0.4, -0.2) is 23.0 Å². The highest BCUT2D eigenvalue weighted by Crippen LogP contribution is 2.32. The molecule has 7 heteroatoms. The van der Waals surface area contributed by atoms with Gasteiger partial charge < -0.3 is 10.4 Å². The number of benzene rings is 1. The van der Waals surface area contributed by atoms with E-state index in [1.165, 1.54) is 32.9 Å².